The molecule has 3 aliphatic heterocycles. The molecule has 7 aliphatic rings. The van der Waals surface area contributed by atoms with E-state index in [2.05, 4.69) is 19.9 Å². The fourth-order valence-corrected chi connectivity index (χ4v) is 11.2. The summed E-state index contributed by atoms with van der Waals surface area (Å²) in [4.78, 5) is 0. The fourth-order valence-electron chi connectivity index (χ4n) is 11.2. The van der Waals surface area contributed by atoms with Gasteiger partial charge in [0.2, 0.25) is 0 Å². The van der Waals surface area contributed by atoms with Crippen LogP contribution in [0.1, 0.15) is 93.4 Å². The topological polar surface area (TPSA) is 138 Å². The van der Waals surface area contributed by atoms with Gasteiger partial charge in [0, 0.05) is 37.2 Å². The molecule has 0 aromatic heterocycles. The molecule has 1 spiro atoms. The summed E-state index contributed by atoms with van der Waals surface area (Å²) in [6, 6.07) is 2.51. The lowest BCUT2D eigenvalue weighted by molar-refractivity contribution is -0.409. The van der Waals surface area contributed by atoms with Crippen LogP contribution in [-0.4, -0.2) is 96.4 Å². The molecule has 3 saturated heterocycles. The maximum Gasteiger partial charge on any atom is 0.187 e. The molecule has 0 amide bonds. The van der Waals surface area contributed by atoms with E-state index in [9.17, 15) is 15.5 Å². The number of hydrogen-bond acceptors (Lipinski definition) is 11. The summed E-state index contributed by atoms with van der Waals surface area (Å²) in [6.45, 7) is 14.2. The van der Waals surface area contributed by atoms with Gasteiger partial charge in [0.1, 0.15) is 12.9 Å². The number of aliphatic hydroxyl groups is 2. The van der Waals surface area contributed by atoms with Gasteiger partial charge in [0.25, 0.3) is 0 Å². The predicted molar refractivity (Wildman–Crippen MR) is 163 cm³/mol. The van der Waals surface area contributed by atoms with Gasteiger partial charge in [-0.05, 0) is 72.6 Å². The number of fused-ring (bicyclic) bond motifs is 4. The van der Waals surface area contributed by atoms with Gasteiger partial charge in [-0.1, -0.05) is 13.8 Å². The first kappa shape index (κ1) is 33.6. The monoisotopic (exact) mass is 649 g/mol. The first-order chi connectivity index (χ1) is 21.5. The average molecular weight is 650 g/mol. The van der Waals surface area contributed by atoms with Gasteiger partial charge in [0.15, 0.2) is 17.9 Å². The van der Waals surface area contributed by atoms with E-state index in [1.807, 2.05) is 34.6 Å². The maximum atomic E-state index is 13.0. The minimum Gasteiger partial charge on any atom is -0.389 e. The van der Waals surface area contributed by atoms with Crippen LogP contribution in [0.5, 0.6) is 0 Å². The Balaban J connectivity index is 1.25. The Hall–Kier alpha value is -0.910. The molecular weight excluding hydrogens is 594 g/mol. The van der Waals surface area contributed by atoms with Gasteiger partial charge in [0.05, 0.1) is 65.7 Å². The Bertz CT molecular complexity index is 1220. The van der Waals surface area contributed by atoms with Crippen LogP contribution in [0.2, 0.25) is 0 Å². The zero-order chi connectivity index (χ0) is 33.1. The lowest BCUT2D eigenvalue weighted by Crippen LogP contribution is -2.78. The molecule has 0 aromatic carbocycles. The second-order valence-electron chi connectivity index (χ2n) is 16.7. The Morgan fingerprint density at radius 2 is 1.67 bits per heavy atom. The van der Waals surface area contributed by atoms with E-state index in [0.717, 1.165) is 0 Å². The number of rotatable bonds is 5. The van der Waals surface area contributed by atoms with E-state index in [0.29, 0.717) is 44.9 Å². The van der Waals surface area contributed by atoms with Crippen molar-refractivity contribution in [3.05, 3.63) is 0 Å². The fraction of sp³-hybridized carbons (Fsp3) is 0.971. The molecule has 0 radical (unpaired) electrons. The van der Waals surface area contributed by atoms with Crippen LogP contribution in [0.15, 0.2) is 0 Å². The quantitative estimate of drug-likeness (QED) is 0.330. The molecule has 7 fully saturated rings. The van der Waals surface area contributed by atoms with Crippen molar-refractivity contribution in [1.82, 2.24) is 0 Å². The Morgan fingerprint density at radius 3 is 2.39 bits per heavy atom. The van der Waals surface area contributed by atoms with E-state index >= 15 is 0 Å². The van der Waals surface area contributed by atoms with Crippen LogP contribution in [0, 0.1) is 45.8 Å². The van der Waals surface area contributed by atoms with Crippen LogP contribution in [0.4, 0.5) is 0 Å². The summed E-state index contributed by atoms with van der Waals surface area (Å²) in [5.74, 6) is -2.27. The number of nitrogens with zero attached hydrogens (tertiary/aromatic N) is 1. The molecule has 2 N–H and O–H groups in total. The third-order valence-electron chi connectivity index (χ3n) is 13.6. The first-order valence-corrected chi connectivity index (χ1v) is 17.5. The molecule has 0 aromatic rings. The van der Waals surface area contributed by atoms with E-state index in [4.69, 9.17) is 37.9 Å². The molecule has 0 bridgehead atoms. The van der Waals surface area contributed by atoms with Crippen LogP contribution >= 0.6 is 0 Å². The van der Waals surface area contributed by atoms with Crippen LogP contribution in [-0.2, 0) is 37.9 Å². The third-order valence-corrected chi connectivity index (χ3v) is 13.6. The minimum absolute atomic E-state index is 0.0777. The lowest BCUT2D eigenvalue weighted by atomic mass is 9.40. The van der Waals surface area contributed by atoms with E-state index in [1.165, 1.54) is 0 Å². The summed E-state index contributed by atoms with van der Waals surface area (Å²) < 4.78 is 51.0. The number of ether oxygens (including phenoxy) is 8. The molecule has 46 heavy (non-hydrogen) atoms. The highest BCUT2D eigenvalue weighted by atomic mass is 16.8. The van der Waals surface area contributed by atoms with Gasteiger partial charge < -0.3 is 48.1 Å². The van der Waals surface area contributed by atoms with Crippen LogP contribution in [0.3, 0.4) is 0 Å². The highest BCUT2D eigenvalue weighted by Gasteiger charge is 2.77. The molecule has 11 nitrogen and oxygen atoms in total. The summed E-state index contributed by atoms with van der Waals surface area (Å²) in [6.07, 6.45) is 1.08. The minimum atomic E-state index is -1.23. The van der Waals surface area contributed by atoms with Gasteiger partial charge in [-0.3, -0.25) is 0 Å². The van der Waals surface area contributed by atoms with Gasteiger partial charge in [-0.2, -0.15) is 5.26 Å². The zero-order valence-corrected chi connectivity index (χ0v) is 28.8. The van der Waals surface area contributed by atoms with Crippen LogP contribution < -0.4 is 0 Å². The predicted octanol–water partition coefficient (Wildman–Crippen LogP) is 4.03. The van der Waals surface area contributed by atoms with Gasteiger partial charge in [-0.25, -0.2) is 0 Å². The van der Waals surface area contributed by atoms with E-state index in [-0.39, 0.29) is 61.5 Å². The van der Waals surface area contributed by atoms with Crippen molar-refractivity contribution < 1.29 is 48.1 Å². The summed E-state index contributed by atoms with van der Waals surface area (Å²) >= 11 is 0. The highest BCUT2D eigenvalue weighted by Crippen LogP contribution is 2.71. The SMILES string of the molecule is COCOC1C[C@]2(C)[C@@H](C#N)CC[C@]2(O)C2CC[C@]3(O)C[C@@H](O[C@@H]4O[C@@H](C)[C@H](C)[C@H]5OC(C)(C)O[C@@H]45)C[C@H]4OC(C)(C)OC[C@]43C12. The maximum absolute atomic E-state index is 13.0. The number of hydrogen-bond donors (Lipinski definition) is 2. The van der Waals surface area contributed by atoms with Crippen LogP contribution in [0.25, 0.3) is 0 Å². The molecule has 3 heterocycles. The molecule has 260 valence electrons. The van der Waals surface area contributed by atoms with Crippen molar-refractivity contribution in [2.45, 2.75) is 159 Å². The standard InChI is InChI=1S/C35H55NO10/c1-19-20(2)42-29(28-27(19)45-31(5,6)46-28)43-22-13-25-34(17-41-30(3,4)44-25)26-23(10-11-33(34,37)14-22)35(38)12-9-21(16-36)32(35,7)15-24(26)40-18-39-8/h19-29,37-38H,9-15,17-18H2,1-8H3/t19-,20-,21+,22-,23?,24?,25+,26?,27+,28+,29-,32+,33-,34+,35-/m0/s1. The second-order valence-corrected chi connectivity index (χ2v) is 16.7. The summed E-state index contributed by atoms with van der Waals surface area (Å²) in [5, 5.41) is 35.8. The summed E-state index contributed by atoms with van der Waals surface area (Å²) in [7, 11) is 1.60. The van der Waals surface area contributed by atoms with Crippen molar-refractivity contribution in [3.63, 3.8) is 0 Å². The highest BCUT2D eigenvalue weighted by molar-refractivity contribution is 5.26. The van der Waals surface area contributed by atoms with Crippen molar-refractivity contribution in [2.24, 2.45) is 34.5 Å². The molecule has 3 unspecified atom stereocenters. The summed E-state index contributed by atoms with van der Waals surface area (Å²) in [5.41, 5.74) is -3.82. The molecule has 4 saturated carbocycles. The third kappa shape index (κ3) is 4.73. The van der Waals surface area contributed by atoms with Crippen molar-refractivity contribution in [3.8, 4) is 6.07 Å². The smallest absolute Gasteiger partial charge is 0.187 e. The molecular formula is C35H55NO10. The van der Waals surface area contributed by atoms with Gasteiger partial charge >= 0.3 is 0 Å². The second kappa shape index (κ2) is 11.0. The van der Waals surface area contributed by atoms with Crippen molar-refractivity contribution in [2.75, 3.05) is 20.5 Å². The van der Waals surface area contributed by atoms with Gasteiger partial charge in [-0.15, -0.1) is 0 Å². The molecule has 4 aliphatic carbocycles. The lowest BCUT2D eigenvalue weighted by Gasteiger charge is -2.71. The number of methoxy groups -OCH3 is 1. The van der Waals surface area contributed by atoms with E-state index < -0.39 is 52.1 Å². The molecule has 7 rings (SSSR count). The average Bonchev–Trinajstić information content (AvgIpc) is 3.45. The Morgan fingerprint density at radius 1 is 0.935 bits per heavy atom. The molecule has 15 atom stereocenters. The molecule has 11 heteroatoms. The zero-order valence-electron chi connectivity index (χ0n) is 28.8. The van der Waals surface area contributed by atoms with E-state index in [1.54, 1.807) is 7.11 Å². The normalized spacial score (nSPS) is 55.3. The largest absolute Gasteiger partial charge is 0.389 e. The Labute approximate surface area is 273 Å². The number of nitriles is 1. The first-order valence-electron chi connectivity index (χ1n) is 17.5. The Kier molecular flexibility index (Phi) is 8.06. The van der Waals surface area contributed by atoms with Crippen molar-refractivity contribution in [1.29, 1.82) is 5.26 Å². The van der Waals surface area contributed by atoms with Crippen molar-refractivity contribution >= 4 is 0 Å².